The summed E-state index contributed by atoms with van der Waals surface area (Å²) in [6, 6.07) is 6.43. The Balaban J connectivity index is 1.89. The average molecular weight is 271 g/mol. The van der Waals surface area contributed by atoms with Crippen LogP contribution in [-0.2, 0) is 5.54 Å². The average Bonchev–Trinajstić information content (AvgIpc) is 3.06. The molecule has 2 fully saturated rings. The number of nitrogens with one attached hydrogen (secondary N) is 1. The smallest absolute Gasteiger partial charge is 0.406 e. The minimum absolute atomic E-state index is 0.126. The molecule has 1 saturated heterocycles. The number of benzene rings is 1. The fourth-order valence-corrected chi connectivity index (χ4v) is 3.14. The van der Waals surface area contributed by atoms with Gasteiger partial charge in [-0.15, -0.1) is 13.2 Å². The monoisotopic (exact) mass is 271 g/mol. The zero-order valence-electron chi connectivity index (χ0n) is 10.5. The molecule has 1 aromatic rings. The van der Waals surface area contributed by atoms with Gasteiger partial charge in [0.25, 0.3) is 0 Å². The van der Waals surface area contributed by atoms with Crippen LogP contribution in [0.15, 0.2) is 24.3 Å². The Kier molecular flexibility index (Phi) is 2.96. The first-order valence-corrected chi connectivity index (χ1v) is 6.61. The Morgan fingerprint density at radius 1 is 1.26 bits per heavy atom. The molecule has 3 rings (SSSR count). The van der Waals surface area contributed by atoms with E-state index in [-0.39, 0.29) is 11.3 Å². The van der Waals surface area contributed by atoms with Gasteiger partial charge in [-0.2, -0.15) is 0 Å². The van der Waals surface area contributed by atoms with E-state index < -0.39 is 6.36 Å². The summed E-state index contributed by atoms with van der Waals surface area (Å²) in [5.74, 6) is 0.426. The van der Waals surface area contributed by atoms with Crippen molar-refractivity contribution in [1.82, 2.24) is 5.32 Å². The lowest BCUT2D eigenvalue weighted by molar-refractivity contribution is -0.274. The Bertz CT molecular complexity index is 462. The molecule has 1 unspecified atom stereocenters. The third-order valence-corrected chi connectivity index (χ3v) is 4.05. The second-order valence-corrected chi connectivity index (χ2v) is 5.35. The van der Waals surface area contributed by atoms with Crippen molar-refractivity contribution >= 4 is 0 Å². The number of hydrogen-bond donors (Lipinski definition) is 1. The van der Waals surface area contributed by atoms with Gasteiger partial charge in [-0.05, 0) is 55.8 Å². The van der Waals surface area contributed by atoms with Crippen molar-refractivity contribution in [3.63, 3.8) is 0 Å². The van der Waals surface area contributed by atoms with E-state index in [4.69, 9.17) is 0 Å². The zero-order valence-corrected chi connectivity index (χ0v) is 10.5. The third-order valence-electron chi connectivity index (χ3n) is 4.05. The van der Waals surface area contributed by atoms with Crippen LogP contribution in [0.25, 0.3) is 0 Å². The number of halogens is 3. The Morgan fingerprint density at radius 2 is 2.05 bits per heavy atom. The van der Waals surface area contributed by atoms with E-state index in [0.29, 0.717) is 5.92 Å². The minimum Gasteiger partial charge on any atom is -0.406 e. The molecule has 5 heteroatoms. The van der Waals surface area contributed by atoms with E-state index in [2.05, 4.69) is 10.1 Å². The van der Waals surface area contributed by atoms with Crippen molar-refractivity contribution in [3.05, 3.63) is 29.8 Å². The molecule has 1 atom stereocenters. The van der Waals surface area contributed by atoms with Crippen molar-refractivity contribution in [2.24, 2.45) is 5.92 Å². The predicted octanol–water partition coefficient (Wildman–Crippen LogP) is 3.57. The van der Waals surface area contributed by atoms with E-state index in [1.54, 1.807) is 6.07 Å². The molecule has 1 saturated carbocycles. The molecule has 2 nitrogen and oxygen atoms in total. The second kappa shape index (κ2) is 4.40. The molecular weight excluding hydrogens is 255 g/mol. The van der Waals surface area contributed by atoms with Crippen LogP contribution >= 0.6 is 0 Å². The highest BCUT2D eigenvalue weighted by Crippen LogP contribution is 2.50. The van der Waals surface area contributed by atoms with Gasteiger partial charge >= 0.3 is 6.36 Å². The number of ether oxygens (including phenoxy) is 1. The molecule has 0 radical (unpaired) electrons. The standard InChI is InChI=1S/C14H16F3NO/c15-14(16,17)19-12-4-1-3-11(9-12)13(10-5-6-10)7-2-8-18-13/h1,3-4,9-10,18H,2,5-8H2. The number of hydrogen-bond acceptors (Lipinski definition) is 2. The van der Waals surface area contributed by atoms with Crippen molar-refractivity contribution in [3.8, 4) is 5.75 Å². The first kappa shape index (κ1) is 12.8. The summed E-state index contributed by atoms with van der Waals surface area (Å²) in [7, 11) is 0. The van der Waals surface area contributed by atoms with E-state index in [0.717, 1.165) is 37.8 Å². The van der Waals surface area contributed by atoms with Crippen molar-refractivity contribution < 1.29 is 17.9 Å². The Labute approximate surface area is 109 Å². The molecular formula is C14H16F3NO. The lowest BCUT2D eigenvalue weighted by atomic mass is 9.83. The molecule has 1 aromatic carbocycles. The molecule has 0 spiro atoms. The molecule has 1 aliphatic carbocycles. The van der Waals surface area contributed by atoms with Crippen molar-refractivity contribution in [2.75, 3.05) is 6.54 Å². The van der Waals surface area contributed by atoms with E-state index in [9.17, 15) is 13.2 Å². The maximum Gasteiger partial charge on any atom is 0.573 e. The van der Waals surface area contributed by atoms with Gasteiger partial charge in [0.15, 0.2) is 0 Å². The van der Waals surface area contributed by atoms with Crippen molar-refractivity contribution in [1.29, 1.82) is 0 Å². The van der Waals surface area contributed by atoms with Crippen LogP contribution in [0.5, 0.6) is 5.75 Å². The molecule has 1 aliphatic heterocycles. The van der Waals surface area contributed by atoms with Gasteiger partial charge in [0.05, 0.1) is 0 Å². The molecule has 2 aliphatic rings. The quantitative estimate of drug-likeness (QED) is 0.907. The summed E-state index contributed by atoms with van der Waals surface area (Å²) in [6.45, 7) is 0.931. The summed E-state index contributed by atoms with van der Waals surface area (Å²) in [5, 5.41) is 3.50. The number of alkyl halides is 3. The van der Waals surface area contributed by atoms with Crippen LogP contribution in [0.2, 0.25) is 0 Å². The highest BCUT2D eigenvalue weighted by molar-refractivity contribution is 5.36. The highest BCUT2D eigenvalue weighted by atomic mass is 19.4. The molecule has 104 valence electrons. The fourth-order valence-electron chi connectivity index (χ4n) is 3.14. The van der Waals surface area contributed by atoms with Gasteiger partial charge in [0, 0.05) is 5.54 Å². The Hall–Kier alpha value is -1.23. The van der Waals surface area contributed by atoms with Crippen LogP contribution < -0.4 is 10.1 Å². The largest absolute Gasteiger partial charge is 0.573 e. The minimum atomic E-state index is -4.63. The van der Waals surface area contributed by atoms with Crippen LogP contribution in [0.4, 0.5) is 13.2 Å². The van der Waals surface area contributed by atoms with Crippen LogP contribution in [-0.4, -0.2) is 12.9 Å². The summed E-state index contributed by atoms with van der Waals surface area (Å²) in [4.78, 5) is 0. The summed E-state index contributed by atoms with van der Waals surface area (Å²) in [5.41, 5.74) is 0.791. The first-order valence-electron chi connectivity index (χ1n) is 6.61. The zero-order chi connectivity index (χ0) is 13.5. The normalized spacial score (nSPS) is 27.5. The van der Waals surface area contributed by atoms with Gasteiger partial charge in [0.2, 0.25) is 0 Å². The molecule has 0 aromatic heterocycles. The second-order valence-electron chi connectivity index (χ2n) is 5.35. The molecule has 1 N–H and O–H groups in total. The molecule has 1 heterocycles. The van der Waals surface area contributed by atoms with Gasteiger partial charge in [-0.3, -0.25) is 0 Å². The first-order chi connectivity index (χ1) is 9.00. The third kappa shape index (κ3) is 2.56. The lowest BCUT2D eigenvalue weighted by Gasteiger charge is -2.30. The van der Waals surface area contributed by atoms with E-state index in [1.807, 2.05) is 6.07 Å². The van der Waals surface area contributed by atoms with E-state index >= 15 is 0 Å². The van der Waals surface area contributed by atoms with Gasteiger partial charge < -0.3 is 10.1 Å². The lowest BCUT2D eigenvalue weighted by Crippen LogP contribution is -2.39. The summed E-state index contributed by atoms with van der Waals surface area (Å²) in [6.07, 6.45) is -0.267. The molecule has 0 bridgehead atoms. The summed E-state index contributed by atoms with van der Waals surface area (Å²) < 4.78 is 40.9. The number of rotatable bonds is 3. The molecule has 19 heavy (non-hydrogen) atoms. The highest BCUT2D eigenvalue weighted by Gasteiger charge is 2.48. The van der Waals surface area contributed by atoms with Crippen LogP contribution in [0.3, 0.4) is 0 Å². The van der Waals surface area contributed by atoms with Gasteiger partial charge in [0.1, 0.15) is 5.75 Å². The van der Waals surface area contributed by atoms with Crippen LogP contribution in [0.1, 0.15) is 31.2 Å². The maximum absolute atomic E-state index is 12.3. The molecule has 0 amide bonds. The SMILES string of the molecule is FC(F)(F)Oc1cccc(C2(C3CC3)CCCN2)c1. The fraction of sp³-hybridized carbons (Fsp3) is 0.571. The predicted molar refractivity (Wildman–Crippen MR) is 64.8 cm³/mol. The summed E-state index contributed by atoms with van der Waals surface area (Å²) >= 11 is 0. The topological polar surface area (TPSA) is 21.3 Å². The van der Waals surface area contributed by atoms with Gasteiger partial charge in [-0.25, -0.2) is 0 Å². The van der Waals surface area contributed by atoms with E-state index in [1.165, 1.54) is 12.1 Å². The van der Waals surface area contributed by atoms with Crippen LogP contribution in [0, 0.1) is 5.92 Å². The Morgan fingerprint density at radius 3 is 2.63 bits per heavy atom. The maximum atomic E-state index is 12.3. The van der Waals surface area contributed by atoms with Gasteiger partial charge in [-0.1, -0.05) is 12.1 Å². The van der Waals surface area contributed by atoms with Crippen molar-refractivity contribution in [2.45, 2.75) is 37.6 Å².